The molecule has 0 aliphatic heterocycles. The van der Waals surface area contributed by atoms with Crippen molar-refractivity contribution in [2.24, 2.45) is 5.84 Å². The molecule has 2 aromatic carbocycles. The fourth-order valence-electron chi connectivity index (χ4n) is 2.23. The van der Waals surface area contributed by atoms with Crippen LogP contribution in [-0.4, -0.2) is 6.10 Å². The van der Waals surface area contributed by atoms with Crippen LogP contribution in [0.1, 0.15) is 30.0 Å². The molecule has 0 bridgehead atoms. The molecule has 0 heterocycles. The number of nitrogens with two attached hydrogens (primary N) is 1. The molecule has 2 aromatic rings. The third-order valence-corrected chi connectivity index (χ3v) is 4.34. The first-order valence-electron chi connectivity index (χ1n) is 6.85. The van der Waals surface area contributed by atoms with E-state index in [1.165, 1.54) is 6.07 Å². The summed E-state index contributed by atoms with van der Waals surface area (Å²) in [5.41, 5.74) is 4.45. The lowest BCUT2D eigenvalue weighted by atomic mass is 9.99. The van der Waals surface area contributed by atoms with E-state index in [9.17, 15) is 4.39 Å². The maximum atomic E-state index is 13.7. The van der Waals surface area contributed by atoms with Gasteiger partial charge in [-0.1, -0.05) is 24.3 Å². The van der Waals surface area contributed by atoms with Crippen LogP contribution in [0, 0.1) is 5.82 Å². The van der Waals surface area contributed by atoms with Gasteiger partial charge in [0.15, 0.2) is 0 Å². The predicted molar refractivity (Wildman–Crippen MR) is 83.4 cm³/mol. The fraction of sp³-hybridized carbons (Fsp3) is 0.250. The summed E-state index contributed by atoms with van der Waals surface area (Å²) < 4.78 is 19.8. The van der Waals surface area contributed by atoms with E-state index in [1.54, 1.807) is 6.07 Å². The molecule has 110 valence electrons. The first-order valence-corrected chi connectivity index (χ1v) is 7.65. The molecule has 1 unspecified atom stereocenters. The number of rotatable bonds is 5. The van der Waals surface area contributed by atoms with Crippen LogP contribution in [0.2, 0.25) is 0 Å². The highest BCUT2D eigenvalue weighted by molar-refractivity contribution is 9.10. The summed E-state index contributed by atoms with van der Waals surface area (Å²) in [7, 11) is 0. The van der Waals surface area contributed by atoms with E-state index in [0.29, 0.717) is 10.6 Å². The molecule has 3 N–H and O–H groups in total. The Bertz CT molecular complexity index is 629. The molecular weight excluding hydrogens is 335 g/mol. The van der Waals surface area contributed by atoms with Crippen molar-refractivity contribution in [1.82, 2.24) is 5.43 Å². The maximum Gasteiger partial charge on any atom is 0.137 e. The highest BCUT2D eigenvalue weighted by Crippen LogP contribution is 2.32. The minimum Gasteiger partial charge on any atom is -0.490 e. The Balaban J connectivity index is 1.86. The minimum absolute atomic E-state index is 0.287. The lowest BCUT2D eigenvalue weighted by molar-refractivity contribution is 0.303. The second-order valence-electron chi connectivity index (χ2n) is 5.13. The van der Waals surface area contributed by atoms with Crippen molar-refractivity contribution in [3.05, 3.63) is 63.9 Å². The topological polar surface area (TPSA) is 47.3 Å². The summed E-state index contributed by atoms with van der Waals surface area (Å²) in [6.07, 6.45) is 2.63. The van der Waals surface area contributed by atoms with Gasteiger partial charge in [-0.25, -0.2) is 9.82 Å². The molecule has 1 aliphatic rings. The van der Waals surface area contributed by atoms with Crippen molar-refractivity contribution in [1.29, 1.82) is 0 Å². The summed E-state index contributed by atoms with van der Waals surface area (Å²) >= 11 is 3.28. The zero-order chi connectivity index (χ0) is 14.8. The van der Waals surface area contributed by atoms with Crippen molar-refractivity contribution >= 4 is 15.9 Å². The Labute approximate surface area is 131 Å². The third-order valence-electron chi connectivity index (χ3n) is 3.50. The van der Waals surface area contributed by atoms with E-state index in [4.69, 9.17) is 10.6 Å². The van der Waals surface area contributed by atoms with Crippen LogP contribution >= 0.6 is 15.9 Å². The summed E-state index contributed by atoms with van der Waals surface area (Å²) in [6.45, 7) is 0. The average molecular weight is 351 g/mol. The Morgan fingerprint density at radius 3 is 2.52 bits per heavy atom. The number of ether oxygens (including phenoxy) is 1. The van der Waals surface area contributed by atoms with Crippen molar-refractivity contribution in [2.45, 2.75) is 25.0 Å². The highest BCUT2D eigenvalue weighted by atomic mass is 79.9. The number of hydrogen-bond donors (Lipinski definition) is 2. The van der Waals surface area contributed by atoms with Gasteiger partial charge in [0.25, 0.3) is 0 Å². The van der Waals surface area contributed by atoms with Gasteiger partial charge in [0, 0.05) is 0 Å². The Morgan fingerprint density at radius 1 is 1.19 bits per heavy atom. The normalized spacial score (nSPS) is 15.8. The van der Waals surface area contributed by atoms with Crippen LogP contribution in [0.4, 0.5) is 4.39 Å². The van der Waals surface area contributed by atoms with E-state index in [0.717, 1.165) is 29.7 Å². The van der Waals surface area contributed by atoms with Crippen molar-refractivity contribution in [3.63, 3.8) is 0 Å². The van der Waals surface area contributed by atoms with E-state index in [-0.39, 0.29) is 11.9 Å². The monoisotopic (exact) mass is 350 g/mol. The third kappa shape index (κ3) is 3.26. The Kier molecular flexibility index (Phi) is 4.24. The van der Waals surface area contributed by atoms with Crippen LogP contribution in [-0.2, 0) is 0 Å². The Morgan fingerprint density at radius 2 is 1.90 bits per heavy atom. The van der Waals surface area contributed by atoms with Gasteiger partial charge in [-0.15, -0.1) is 0 Å². The maximum absolute atomic E-state index is 13.7. The van der Waals surface area contributed by atoms with Gasteiger partial charge < -0.3 is 4.74 Å². The average Bonchev–Trinajstić information content (AvgIpc) is 3.30. The number of nitrogens with one attached hydrogen (secondary N) is 1. The van der Waals surface area contributed by atoms with Gasteiger partial charge in [0.2, 0.25) is 0 Å². The molecule has 0 radical (unpaired) electrons. The van der Waals surface area contributed by atoms with E-state index in [1.807, 2.05) is 30.3 Å². The molecule has 5 heteroatoms. The zero-order valence-electron chi connectivity index (χ0n) is 11.4. The van der Waals surface area contributed by atoms with Crippen molar-refractivity contribution in [2.75, 3.05) is 0 Å². The lowest BCUT2D eigenvalue weighted by Gasteiger charge is -2.19. The quantitative estimate of drug-likeness (QED) is 0.638. The minimum atomic E-state index is -0.304. The second-order valence-corrected chi connectivity index (χ2v) is 5.92. The fourth-order valence-corrected chi connectivity index (χ4v) is 2.72. The van der Waals surface area contributed by atoms with E-state index >= 15 is 0 Å². The molecule has 1 saturated carbocycles. The molecule has 1 fully saturated rings. The summed E-state index contributed by atoms with van der Waals surface area (Å²) in [4.78, 5) is 0. The smallest absolute Gasteiger partial charge is 0.137 e. The predicted octanol–water partition coefficient (Wildman–Crippen LogP) is 3.68. The van der Waals surface area contributed by atoms with Crippen LogP contribution in [0.25, 0.3) is 0 Å². The van der Waals surface area contributed by atoms with Crippen LogP contribution in [0.15, 0.2) is 46.9 Å². The summed E-state index contributed by atoms with van der Waals surface area (Å²) in [5.74, 6) is 6.21. The molecule has 0 aromatic heterocycles. The number of hydrazine groups is 1. The van der Waals surface area contributed by atoms with Crippen molar-refractivity contribution in [3.8, 4) is 5.75 Å². The standard InChI is InChI=1S/C16H16BrFN2O/c17-15-13(2-1-3-14(15)18)16(20-19)10-4-6-11(7-5-10)21-12-8-9-12/h1-7,12,16,20H,8-9,19H2. The molecule has 1 atom stereocenters. The second kappa shape index (κ2) is 6.13. The Hall–Kier alpha value is -1.43. The molecule has 3 rings (SSSR count). The largest absolute Gasteiger partial charge is 0.490 e. The number of halogens is 2. The number of benzene rings is 2. The van der Waals surface area contributed by atoms with Gasteiger partial charge in [0.1, 0.15) is 11.6 Å². The molecule has 3 nitrogen and oxygen atoms in total. The molecular formula is C16H16BrFN2O. The van der Waals surface area contributed by atoms with Crippen LogP contribution in [0.3, 0.4) is 0 Å². The molecule has 0 saturated heterocycles. The first kappa shape index (κ1) is 14.5. The number of hydrogen-bond acceptors (Lipinski definition) is 3. The van der Waals surface area contributed by atoms with Gasteiger partial charge in [-0.3, -0.25) is 5.84 Å². The molecule has 0 amide bonds. The zero-order valence-corrected chi connectivity index (χ0v) is 12.9. The first-order chi connectivity index (χ1) is 10.2. The van der Waals surface area contributed by atoms with Gasteiger partial charge in [-0.05, 0) is 58.1 Å². The molecule has 1 aliphatic carbocycles. The van der Waals surface area contributed by atoms with Gasteiger partial charge in [-0.2, -0.15) is 0 Å². The summed E-state index contributed by atoms with van der Waals surface area (Å²) in [6, 6.07) is 12.4. The highest BCUT2D eigenvalue weighted by Gasteiger charge is 2.23. The van der Waals surface area contributed by atoms with Crippen LogP contribution < -0.4 is 16.0 Å². The van der Waals surface area contributed by atoms with Gasteiger partial charge in [0.05, 0.1) is 16.6 Å². The van der Waals surface area contributed by atoms with Crippen molar-refractivity contribution < 1.29 is 9.13 Å². The molecule has 21 heavy (non-hydrogen) atoms. The van der Waals surface area contributed by atoms with Crippen LogP contribution in [0.5, 0.6) is 5.75 Å². The van der Waals surface area contributed by atoms with E-state index < -0.39 is 0 Å². The molecule has 0 spiro atoms. The lowest BCUT2D eigenvalue weighted by Crippen LogP contribution is -2.29. The van der Waals surface area contributed by atoms with Gasteiger partial charge >= 0.3 is 0 Å². The summed E-state index contributed by atoms with van der Waals surface area (Å²) in [5, 5.41) is 0. The van der Waals surface area contributed by atoms with E-state index in [2.05, 4.69) is 21.4 Å². The SMILES string of the molecule is NNC(c1ccc(OC2CC2)cc1)c1cccc(F)c1Br.